The van der Waals surface area contributed by atoms with Gasteiger partial charge in [0.2, 0.25) is 5.91 Å². The van der Waals surface area contributed by atoms with Crippen molar-refractivity contribution in [1.29, 1.82) is 0 Å². The predicted molar refractivity (Wildman–Crippen MR) is 119 cm³/mol. The molecule has 3 rings (SSSR count). The summed E-state index contributed by atoms with van der Waals surface area (Å²) in [6.45, 7) is 3.47. The molecular formula is C22H27ClN2O4S. The Bertz CT molecular complexity index is 938. The van der Waals surface area contributed by atoms with Gasteiger partial charge in [-0.1, -0.05) is 24.4 Å². The predicted octanol–water partition coefficient (Wildman–Crippen LogP) is 4.34. The van der Waals surface area contributed by atoms with E-state index in [1.165, 1.54) is 28.6 Å². The molecule has 6 nitrogen and oxygen atoms in total. The third kappa shape index (κ3) is 5.46. The highest BCUT2D eigenvalue weighted by molar-refractivity contribution is 7.92. The minimum absolute atomic E-state index is 0.0875. The van der Waals surface area contributed by atoms with Crippen molar-refractivity contribution in [2.24, 2.45) is 0 Å². The van der Waals surface area contributed by atoms with E-state index in [2.05, 4.69) is 0 Å². The van der Waals surface area contributed by atoms with Crippen molar-refractivity contribution < 1.29 is 17.9 Å². The van der Waals surface area contributed by atoms with Crippen LogP contribution in [0.3, 0.4) is 0 Å². The fourth-order valence-corrected chi connectivity index (χ4v) is 5.01. The van der Waals surface area contributed by atoms with Gasteiger partial charge >= 0.3 is 0 Å². The number of carbonyl (C=O) groups excluding carboxylic acids is 1. The van der Waals surface area contributed by atoms with Gasteiger partial charge in [-0.05, 0) is 68.3 Å². The number of nitrogens with zero attached hydrogens (tertiary/aromatic N) is 2. The van der Waals surface area contributed by atoms with Crippen LogP contribution < -0.4 is 9.04 Å². The minimum Gasteiger partial charge on any atom is -0.494 e. The van der Waals surface area contributed by atoms with Crippen LogP contribution in [-0.2, 0) is 14.8 Å². The van der Waals surface area contributed by atoms with Gasteiger partial charge in [-0.2, -0.15) is 0 Å². The molecule has 1 fully saturated rings. The van der Waals surface area contributed by atoms with Gasteiger partial charge in [0.25, 0.3) is 10.0 Å². The molecule has 1 saturated heterocycles. The Hall–Kier alpha value is -2.25. The van der Waals surface area contributed by atoms with Crippen molar-refractivity contribution in [2.45, 2.75) is 37.5 Å². The van der Waals surface area contributed by atoms with E-state index in [0.29, 0.717) is 36.2 Å². The Kier molecular flexibility index (Phi) is 7.61. The fourth-order valence-electron chi connectivity index (χ4n) is 3.47. The molecule has 0 aromatic heterocycles. The number of carbonyl (C=O) groups is 1. The molecule has 30 heavy (non-hydrogen) atoms. The Morgan fingerprint density at radius 1 is 1.00 bits per heavy atom. The highest BCUT2D eigenvalue weighted by Gasteiger charge is 2.29. The summed E-state index contributed by atoms with van der Waals surface area (Å²) in [7, 11) is -3.95. The highest BCUT2D eigenvalue weighted by Crippen LogP contribution is 2.27. The summed E-state index contributed by atoms with van der Waals surface area (Å²) < 4.78 is 33.5. The molecule has 162 valence electrons. The molecule has 0 aliphatic carbocycles. The highest BCUT2D eigenvalue weighted by atomic mass is 35.5. The van der Waals surface area contributed by atoms with E-state index in [4.69, 9.17) is 16.3 Å². The summed E-state index contributed by atoms with van der Waals surface area (Å²) in [4.78, 5) is 14.9. The maximum absolute atomic E-state index is 13.4. The lowest BCUT2D eigenvalue weighted by Crippen LogP contribution is -2.43. The van der Waals surface area contributed by atoms with Gasteiger partial charge in [0, 0.05) is 18.1 Å². The third-order valence-electron chi connectivity index (χ3n) is 5.07. The number of anilines is 1. The van der Waals surface area contributed by atoms with Crippen LogP contribution in [0.5, 0.6) is 5.75 Å². The molecule has 2 aromatic rings. The largest absolute Gasteiger partial charge is 0.494 e. The summed E-state index contributed by atoms with van der Waals surface area (Å²) in [5.41, 5.74) is 0.413. The molecule has 0 radical (unpaired) electrons. The van der Waals surface area contributed by atoms with Crippen LogP contribution in [0.15, 0.2) is 53.4 Å². The van der Waals surface area contributed by atoms with Crippen molar-refractivity contribution in [3.63, 3.8) is 0 Å². The molecule has 0 spiro atoms. The molecule has 2 aromatic carbocycles. The molecule has 0 atom stereocenters. The monoisotopic (exact) mass is 450 g/mol. The van der Waals surface area contributed by atoms with Gasteiger partial charge in [0.05, 0.1) is 17.2 Å². The number of benzene rings is 2. The zero-order valence-corrected chi connectivity index (χ0v) is 18.7. The van der Waals surface area contributed by atoms with Crippen molar-refractivity contribution in [3.05, 3.63) is 53.6 Å². The van der Waals surface area contributed by atoms with E-state index in [1.807, 2.05) is 6.92 Å². The maximum atomic E-state index is 13.4. The van der Waals surface area contributed by atoms with Gasteiger partial charge in [-0.25, -0.2) is 8.42 Å². The van der Waals surface area contributed by atoms with E-state index in [0.717, 1.165) is 25.7 Å². The van der Waals surface area contributed by atoms with Crippen LogP contribution >= 0.6 is 11.6 Å². The summed E-state index contributed by atoms with van der Waals surface area (Å²) >= 11 is 5.92. The number of sulfonamides is 1. The van der Waals surface area contributed by atoms with Crippen LogP contribution in [0.4, 0.5) is 5.69 Å². The summed E-state index contributed by atoms with van der Waals surface area (Å²) in [5.74, 6) is 0.451. The summed E-state index contributed by atoms with van der Waals surface area (Å²) in [5, 5.41) is 0.446. The van der Waals surface area contributed by atoms with E-state index < -0.39 is 10.0 Å². The second kappa shape index (κ2) is 10.2. The van der Waals surface area contributed by atoms with Crippen molar-refractivity contribution in [1.82, 2.24) is 4.90 Å². The van der Waals surface area contributed by atoms with E-state index in [9.17, 15) is 13.2 Å². The minimum atomic E-state index is -3.95. The first kappa shape index (κ1) is 22.4. The lowest BCUT2D eigenvalue weighted by atomic mass is 10.2. The lowest BCUT2D eigenvalue weighted by molar-refractivity contribution is -0.129. The average molecular weight is 451 g/mol. The number of ether oxygens (including phenoxy) is 1. The molecule has 0 unspecified atom stereocenters. The standard InChI is InChI=1S/C22H27ClN2O4S/c1-2-29-20-11-9-19(10-12-20)25(17-22(26)24-15-5-3-4-6-16-24)30(27,28)21-13-7-18(23)8-14-21/h7-14H,2-6,15-17H2,1H3. The van der Waals surface area contributed by atoms with Crippen LogP contribution in [-0.4, -0.2) is 45.5 Å². The van der Waals surface area contributed by atoms with E-state index >= 15 is 0 Å². The van der Waals surface area contributed by atoms with Gasteiger partial charge < -0.3 is 9.64 Å². The fraction of sp³-hybridized carbons (Fsp3) is 0.409. The smallest absolute Gasteiger partial charge is 0.264 e. The quantitative estimate of drug-likeness (QED) is 0.629. The Labute approximate surface area is 183 Å². The summed E-state index contributed by atoms with van der Waals surface area (Å²) in [6, 6.07) is 12.7. The first-order valence-electron chi connectivity index (χ1n) is 10.2. The first-order valence-corrected chi connectivity index (χ1v) is 12.0. The number of halogens is 1. The Balaban J connectivity index is 1.93. The zero-order chi connectivity index (χ0) is 21.6. The Morgan fingerprint density at radius 3 is 2.17 bits per heavy atom. The van der Waals surface area contributed by atoms with Crippen molar-refractivity contribution >= 4 is 33.2 Å². The zero-order valence-electron chi connectivity index (χ0n) is 17.1. The number of hydrogen-bond donors (Lipinski definition) is 0. The maximum Gasteiger partial charge on any atom is 0.264 e. The lowest BCUT2D eigenvalue weighted by Gasteiger charge is -2.28. The second-order valence-electron chi connectivity index (χ2n) is 7.19. The average Bonchev–Trinajstić information content (AvgIpc) is 3.03. The van der Waals surface area contributed by atoms with Gasteiger partial charge in [-0.3, -0.25) is 9.10 Å². The third-order valence-corrected chi connectivity index (χ3v) is 7.12. The number of likely N-dealkylation sites (tertiary alicyclic amines) is 1. The molecule has 1 heterocycles. The molecular weight excluding hydrogens is 424 g/mol. The van der Waals surface area contributed by atoms with Crippen LogP contribution in [0.2, 0.25) is 5.02 Å². The van der Waals surface area contributed by atoms with Gasteiger partial charge in [0.15, 0.2) is 0 Å². The van der Waals surface area contributed by atoms with E-state index in [1.54, 1.807) is 29.2 Å². The summed E-state index contributed by atoms with van der Waals surface area (Å²) in [6.07, 6.45) is 4.07. The Morgan fingerprint density at radius 2 is 1.60 bits per heavy atom. The second-order valence-corrected chi connectivity index (χ2v) is 9.49. The topological polar surface area (TPSA) is 66.9 Å². The molecule has 1 aliphatic rings. The molecule has 0 saturated carbocycles. The SMILES string of the molecule is CCOc1ccc(N(CC(=O)N2CCCCCC2)S(=O)(=O)c2ccc(Cl)cc2)cc1. The molecule has 8 heteroatoms. The molecule has 0 bridgehead atoms. The van der Waals surface area contributed by atoms with Crippen molar-refractivity contribution in [3.8, 4) is 5.75 Å². The van der Waals surface area contributed by atoms with Crippen LogP contribution in [0.1, 0.15) is 32.6 Å². The van der Waals surface area contributed by atoms with Gasteiger partial charge in [0.1, 0.15) is 12.3 Å². The van der Waals surface area contributed by atoms with Gasteiger partial charge in [-0.15, -0.1) is 0 Å². The number of hydrogen-bond acceptors (Lipinski definition) is 4. The first-order chi connectivity index (χ1) is 14.4. The molecule has 1 aliphatic heterocycles. The van der Waals surface area contributed by atoms with Crippen LogP contribution in [0, 0.1) is 0 Å². The number of amides is 1. The molecule has 0 N–H and O–H groups in total. The molecule has 1 amide bonds. The van der Waals surface area contributed by atoms with Crippen molar-refractivity contribution in [2.75, 3.05) is 30.5 Å². The van der Waals surface area contributed by atoms with E-state index in [-0.39, 0.29) is 17.3 Å². The van der Waals surface area contributed by atoms with Crippen LogP contribution in [0.25, 0.3) is 0 Å². The number of rotatable bonds is 7. The normalized spacial score (nSPS) is 14.8.